The molecule has 2 aromatic rings. The number of carbonyl (C=O) groups excluding carboxylic acids is 1. The standard InChI is InChI=1S/C19H21NO3/c1-2-22-18-10-7-16(8-11-18)9-12-19(21)23-14-4-6-17-5-3-13-20-15-17/h3,5,7-13,15H,2,4,6,14H2,1H3. The minimum Gasteiger partial charge on any atom is -0.494 e. The number of hydrogen-bond donors (Lipinski definition) is 0. The molecule has 0 fully saturated rings. The van der Waals surface area contributed by atoms with Gasteiger partial charge in [-0.3, -0.25) is 4.98 Å². The second-order valence-electron chi connectivity index (χ2n) is 4.97. The predicted molar refractivity (Wildman–Crippen MR) is 90.2 cm³/mol. The molecule has 23 heavy (non-hydrogen) atoms. The molecule has 0 N–H and O–H groups in total. The van der Waals surface area contributed by atoms with Crippen molar-refractivity contribution < 1.29 is 14.3 Å². The topological polar surface area (TPSA) is 48.4 Å². The number of esters is 1. The molecule has 0 bridgehead atoms. The Morgan fingerprint density at radius 3 is 2.74 bits per heavy atom. The van der Waals surface area contributed by atoms with Gasteiger partial charge in [0.25, 0.3) is 0 Å². The molecule has 2 rings (SSSR count). The Kier molecular flexibility index (Phi) is 6.85. The van der Waals surface area contributed by atoms with Crippen molar-refractivity contribution in [1.82, 2.24) is 4.98 Å². The van der Waals surface area contributed by atoms with Gasteiger partial charge in [-0.25, -0.2) is 4.79 Å². The summed E-state index contributed by atoms with van der Waals surface area (Å²) in [6.45, 7) is 2.99. The van der Waals surface area contributed by atoms with Gasteiger partial charge in [0.15, 0.2) is 0 Å². The van der Waals surface area contributed by atoms with Crippen LogP contribution >= 0.6 is 0 Å². The molecule has 0 amide bonds. The third-order valence-electron chi connectivity index (χ3n) is 3.18. The number of nitrogens with zero attached hydrogens (tertiary/aromatic N) is 1. The van der Waals surface area contributed by atoms with Crippen LogP contribution in [0.4, 0.5) is 0 Å². The molecule has 0 aliphatic rings. The third kappa shape index (κ3) is 6.34. The SMILES string of the molecule is CCOc1ccc(C=CC(=O)OCCCc2cccnc2)cc1. The summed E-state index contributed by atoms with van der Waals surface area (Å²) in [5, 5.41) is 0. The lowest BCUT2D eigenvalue weighted by Gasteiger charge is -2.03. The second kappa shape index (κ2) is 9.41. The van der Waals surface area contributed by atoms with Gasteiger partial charge in [-0.15, -0.1) is 0 Å². The fraction of sp³-hybridized carbons (Fsp3) is 0.263. The first kappa shape index (κ1) is 16.7. The lowest BCUT2D eigenvalue weighted by atomic mass is 10.2. The summed E-state index contributed by atoms with van der Waals surface area (Å²) in [5.74, 6) is 0.493. The molecule has 0 aliphatic heterocycles. The number of aromatic nitrogens is 1. The molecule has 0 spiro atoms. The number of benzene rings is 1. The zero-order chi connectivity index (χ0) is 16.3. The highest BCUT2D eigenvalue weighted by molar-refractivity contribution is 5.87. The van der Waals surface area contributed by atoms with E-state index in [-0.39, 0.29) is 5.97 Å². The number of hydrogen-bond acceptors (Lipinski definition) is 4. The smallest absolute Gasteiger partial charge is 0.330 e. The van der Waals surface area contributed by atoms with E-state index in [0.29, 0.717) is 13.2 Å². The van der Waals surface area contributed by atoms with E-state index in [4.69, 9.17) is 9.47 Å². The Morgan fingerprint density at radius 1 is 1.22 bits per heavy atom. The average Bonchev–Trinajstić information content (AvgIpc) is 2.59. The van der Waals surface area contributed by atoms with E-state index < -0.39 is 0 Å². The zero-order valence-corrected chi connectivity index (χ0v) is 13.3. The molecule has 1 aromatic carbocycles. The maximum atomic E-state index is 11.7. The lowest BCUT2D eigenvalue weighted by molar-refractivity contribution is -0.137. The van der Waals surface area contributed by atoms with Crippen LogP contribution in [0.25, 0.3) is 6.08 Å². The van der Waals surface area contributed by atoms with Crippen LogP contribution in [0.5, 0.6) is 5.75 Å². The first-order valence-corrected chi connectivity index (χ1v) is 7.74. The summed E-state index contributed by atoms with van der Waals surface area (Å²) in [7, 11) is 0. The minimum atomic E-state index is -0.329. The molecule has 0 saturated carbocycles. The number of ether oxygens (including phenoxy) is 2. The molecule has 4 nitrogen and oxygen atoms in total. The van der Waals surface area contributed by atoms with Gasteiger partial charge in [-0.05, 0) is 55.2 Å². The fourth-order valence-electron chi connectivity index (χ4n) is 2.05. The van der Waals surface area contributed by atoms with Crippen molar-refractivity contribution in [1.29, 1.82) is 0 Å². The van der Waals surface area contributed by atoms with Crippen LogP contribution in [0.3, 0.4) is 0 Å². The summed E-state index contributed by atoms with van der Waals surface area (Å²) in [6.07, 6.45) is 8.39. The molecule has 0 radical (unpaired) electrons. The summed E-state index contributed by atoms with van der Waals surface area (Å²) in [6, 6.07) is 11.5. The van der Waals surface area contributed by atoms with Crippen molar-refractivity contribution in [3.63, 3.8) is 0 Å². The van der Waals surface area contributed by atoms with E-state index >= 15 is 0 Å². The predicted octanol–water partition coefficient (Wildman–Crippen LogP) is 3.67. The van der Waals surface area contributed by atoms with Gasteiger partial charge in [-0.2, -0.15) is 0 Å². The van der Waals surface area contributed by atoms with E-state index in [2.05, 4.69) is 4.98 Å². The second-order valence-corrected chi connectivity index (χ2v) is 4.97. The Bertz CT molecular complexity index is 621. The van der Waals surface area contributed by atoms with Crippen LogP contribution in [-0.2, 0) is 16.0 Å². The third-order valence-corrected chi connectivity index (χ3v) is 3.18. The van der Waals surface area contributed by atoms with Crippen LogP contribution in [-0.4, -0.2) is 24.2 Å². The first-order valence-electron chi connectivity index (χ1n) is 7.74. The number of rotatable bonds is 8. The summed E-state index contributed by atoms with van der Waals surface area (Å²) in [4.78, 5) is 15.7. The lowest BCUT2D eigenvalue weighted by Crippen LogP contribution is -2.03. The van der Waals surface area contributed by atoms with Gasteiger partial charge < -0.3 is 9.47 Å². The molecule has 0 saturated heterocycles. The molecule has 4 heteroatoms. The van der Waals surface area contributed by atoms with Crippen LogP contribution < -0.4 is 4.74 Å². The summed E-state index contributed by atoms with van der Waals surface area (Å²) < 4.78 is 10.5. The van der Waals surface area contributed by atoms with Gasteiger partial charge in [-0.1, -0.05) is 18.2 Å². The van der Waals surface area contributed by atoms with Crippen molar-refractivity contribution in [2.24, 2.45) is 0 Å². The number of pyridine rings is 1. The van der Waals surface area contributed by atoms with E-state index in [1.54, 1.807) is 12.3 Å². The van der Waals surface area contributed by atoms with Gasteiger partial charge in [0.05, 0.1) is 13.2 Å². The van der Waals surface area contributed by atoms with Crippen LogP contribution in [0.1, 0.15) is 24.5 Å². The summed E-state index contributed by atoms with van der Waals surface area (Å²) in [5.41, 5.74) is 2.08. The molecule has 0 unspecified atom stereocenters. The normalized spacial score (nSPS) is 10.7. The molecular weight excluding hydrogens is 290 g/mol. The molecule has 1 heterocycles. The number of carbonyl (C=O) groups is 1. The zero-order valence-electron chi connectivity index (χ0n) is 13.3. The molecule has 0 aliphatic carbocycles. The van der Waals surface area contributed by atoms with Crippen LogP contribution in [0, 0.1) is 0 Å². The Hall–Kier alpha value is -2.62. The van der Waals surface area contributed by atoms with Crippen molar-refractivity contribution in [3.05, 3.63) is 66.0 Å². The van der Waals surface area contributed by atoms with E-state index in [9.17, 15) is 4.79 Å². The van der Waals surface area contributed by atoms with Crippen LogP contribution in [0.2, 0.25) is 0 Å². The highest BCUT2D eigenvalue weighted by Crippen LogP contribution is 2.13. The average molecular weight is 311 g/mol. The van der Waals surface area contributed by atoms with Gasteiger partial charge in [0, 0.05) is 18.5 Å². The van der Waals surface area contributed by atoms with Crippen LogP contribution in [0.15, 0.2) is 54.9 Å². The molecular formula is C19H21NO3. The Morgan fingerprint density at radius 2 is 2.04 bits per heavy atom. The summed E-state index contributed by atoms with van der Waals surface area (Å²) >= 11 is 0. The highest BCUT2D eigenvalue weighted by atomic mass is 16.5. The van der Waals surface area contributed by atoms with Crippen molar-refractivity contribution in [2.75, 3.05) is 13.2 Å². The van der Waals surface area contributed by atoms with E-state index in [1.807, 2.05) is 49.5 Å². The fourth-order valence-corrected chi connectivity index (χ4v) is 2.05. The molecule has 0 atom stereocenters. The largest absolute Gasteiger partial charge is 0.494 e. The minimum absolute atomic E-state index is 0.329. The van der Waals surface area contributed by atoms with Gasteiger partial charge in [0.2, 0.25) is 0 Å². The molecule has 120 valence electrons. The quantitative estimate of drug-likeness (QED) is 0.424. The van der Waals surface area contributed by atoms with E-state index in [0.717, 1.165) is 29.7 Å². The first-order chi connectivity index (χ1) is 11.3. The molecule has 1 aromatic heterocycles. The van der Waals surface area contributed by atoms with Gasteiger partial charge >= 0.3 is 5.97 Å². The number of aryl methyl sites for hydroxylation is 1. The van der Waals surface area contributed by atoms with E-state index in [1.165, 1.54) is 6.08 Å². The van der Waals surface area contributed by atoms with Crippen molar-refractivity contribution >= 4 is 12.0 Å². The maximum Gasteiger partial charge on any atom is 0.330 e. The Labute approximate surface area is 136 Å². The van der Waals surface area contributed by atoms with Crippen molar-refractivity contribution in [3.8, 4) is 5.75 Å². The Balaban J connectivity index is 1.69. The van der Waals surface area contributed by atoms with Gasteiger partial charge in [0.1, 0.15) is 5.75 Å². The monoisotopic (exact) mass is 311 g/mol. The maximum absolute atomic E-state index is 11.7. The van der Waals surface area contributed by atoms with Crippen molar-refractivity contribution in [2.45, 2.75) is 19.8 Å². The highest BCUT2D eigenvalue weighted by Gasteiger charge is 1.98.